The van der Waals surface area contributed by atoms with Crippen molar-refractivity contribution in [2.75, 3.05) is 27.7 Å². The molecule has 1 saturated carbocycles. The average molecular weight is 306 g/mol. The van der Waals surface area contributed by atoms with Crippen LogP contribution in [0.2, 0.25) is 0 Å². The number of aromatic nitrogens is 3. The Labute approximate surface area is 129 Å². The van der Waals surface area contributed by atoms with E-state index in [1.54, 1.807) is 18.7 Å². The molecule has 0 aromatic carbocycles. The van der Waals surface area contributed by atoms with Crippen LogP contribution in [0.25, 0.3) is 0 Å². The van der Waals surface area contributed by atoms with Crippen molar-refractivity contribution >= 4 is 11.8 Å². The Balaban J connectivity index is 2.19. The van der Waals surface area contributed by atoms with Crippen molar-refractivity contribution < 1.29 is 14.3 Å². The van der Waals surface area contributed by atoms with E-state index >= 15 is 0 Å². The largest absolute Gasteiger partial charge is 0.465 e. The summed E-state index contributed by atoms with van der Waals surface area (Å²) < 4.78 is 6.41. The normalized spacial score (nSPS) is 21.5. The van der Waals surface area contributed by atoms with Gasteiger partial charge in [-0.2, -0.15) is 0 Å². The molecule has 7 nitrogen and oxygen atoms in total. The van der Waals surface area contributed by atoms with Crippen LogP contribution in [0.1, 0.15) is 25.0 Å². The molecule has 1 aromatic heterocycles. The number of methoxy groups -OCH3 is 1. The van der Waals surface area contributed by atoms with Gasteiger partial charge < -0.3 is 9.64 Å². The van der Waals surface area contributed by atoms with Gasteiger partial charge in [0.2, 0.25) is 0 Å². The number of hydrogen-bond acceptors (Lipinski definition) is 6. The summed E-state index contributed by atoms with van der Waals surface area (Å²) in [5.41, 5.74) is 1.70. The molecule has 1 fully saturated rings. The number of carbonyl (C=O) groups is 2. The van der Waals surface area contributed by atoms with Crippen molar-refractivity contribution in [3.05, 3.63) is 23.0 Å². The molecule has 2 rings (SSSR count). The van der Waals surface area contributed by atoms with E-state index in [1.807, 2.05) is 25.2 Å². The molecule has 0 aliphatic heterocycles. The highest BCUT2D eigenvalue weighted by atomic mass is 16.5. The number of rotatable bonds is 6. The molecule has 1 aromatic rings. The molecule has 0 bridgehead atoms. The predicted octanol–water partition coefficient (Wildman–Crippen LogP) is 0.539. The molecule has 0 radical (unpaired) electrons. The van der Waals surface area contributed by atoms with E-state index in [9.17, 15) is 9.59 Å². The van der Waals surface area contributed by atoms with E-state index in [0.29, 0.717) is 13.0 Å². The maximum atomic E-state index is 12.7. The Bertz CT molecular complexity index is 618. The highest BCUT2D eigenvalue weighted by molar-refractivity contribution is 6.19. The van der Waals surface area contributed by atoms with Crippen molar-refractivity contribution in [2.45, 2.75) is 19.3 Å². The highest BCUT2D eigenvalue weighted by Gasteiger charge is 2.48. The number of Topliss-reactive ketones (excluding diaryl/α,β-unsaturated/α-hetero) is 1. The Morgan fingerprint density at radius 1 is 1.45 bits per heavy atom. The van der Waals surface area contributed by atoms with Crippen LogP contribution in [-0.2, 0) is 21.4 Å². The van der Waals surface area contributed by atoms with Crippen LogP contribution in [0, 0.1) is 5.92 Å². The molecule has 0 spiro atoms. The zero-order valence-corrected chi connectivity index (χ0v) is 13.7. The number of hydrogen-bond donors (Lipinski definition) is 0. The van der Waals surface area contributed by atoms with Crippen molar-refractivity contribution in [3.63, 3.8) is 0 Å². The molecule has 0 amide bonds. The third-order valence-corrected chi connectivity index (χ3v) is 3.74. The SMILES string of the molecule is COC(=O)/C(C(=O)[C@@H]1C[C@H]1c1cn(C)nn1)=C(\C)CN(C)C. The average Bonchev–Trinajstić information content (AvgIpc) is 3.13. The molecule has 1 aliphatic rings. The second-order valence-electron chi connectivity index (χ2n) is 6.01. The van der Waals surface area contributed by atoms with Gasteiger partial charge in [-0.15, -0.1) is 5.10 Å². The van der Waals surface area contributed by atoms with E-state index in [4.69, 9.17) is 4.74 Å². The predicted molar refractivity (Wildman–Crippen MR) is 80.1 cm³/mol. The molecule has 120 valence electrons. The van der Waals surface area contributed by atoms with E-state index in [0.717, 1.165) is 11.3 Å². The standard InChI is InChI=1S/C15H22N4O3/c1-9(7-18(2)3)13(15(21)22-5)14(20)11-6-10(11)12-8-19(4)17-16-12/h8,10-11H,6-7H2,1-5H3/b13-9+/t10-,11-/m1/s1. The van der Waals surface area contributed by atoms with E-state index in [-0.39, 0.29) is 23.2 Å². The zero-order valence-electron chi connectivity index (χ0n) is 13.7. The maximum Gasteiger partial charge on any atom is 0.341 e. The van der Waals surface area contributed by atoms with Crippen LogP contribution in [0.4, 0.5) is 0 Å². The monoisotopic (exact) mass is 306 g/mol. The van der Waals surface area contributed by atoms with Crippen molar-refractivity contribution in [1.82, 2.24) is 19.9 Å². The first-order chi connectivity index (χ1) is 10.3. The fourth-order valence-corrected chi connectivity index (χ4v) is 2.67. The van der Waals surface area contributed by atoms with E-state index in [1.165, 1.54) is 7.11 Å². The summed E-state index contributed by atoms with van der Waals surface area (Å²) in [5.74, 6) is -0.869. The minimum Gasteiger partial charge on any atom is -0.465 e. The lowest BCUT2D eigenvalue weighted by atomic mass is 10.00. The van der Waals surface area contributed by atoms with Gasteiger partial charge in [0.1, 0.15) is 5.57 Å². The molecule has 1 aliphatic carbocycles. The summed E-state index contributed by atoms with van der Waals surface area (Å²) in [5, 5.41) is 7.94. The Hall–Kier alpha value is -2.02. The number of ether oxygens (including phenoxy) is 1. The Kier molecular flexibility index (Phi) is 4.75. The quantitative estimate of drug-likeness (QED) is 0.330. The topological polar surface area (TPSA) is 77.3 Å². The summed E-state index contributed by atoms with van der Waals surface area (Å²) in [6.45, 7) is 2.34. The summed E-state index contributed by atoms with van der Waals surface area (Å²) in [6, 6.07) is 0. The molecule has 0 N–H and O–H groups in total. The first-order valence-electron chi connectivity index (χ1n) is 7.18. The smallest absolute Gasteiger partial charge is 0.341 e. The van der Waals surface area contributed by atoms with Gasteiger partial charge in [0.05, 0.1) is 12.8 Å². The van der Waals surface area contributed by atoms with Crippen molar-refractivity contribution in [1.29, 1.82) is 0 Å². The Morgan fingerprint density at radius 2 is 2.14 bits per heavy atom. The van der Waals surface area contributed by atoms with Crippen LogP contribution in [0.3, 0.4) is 0 Å². The van der Waals surface area contributed by atoms with Crippen molar-refractivity contribution in [3.8, 4) is 0 Å². The zero-order chi connectivity index (χ0) is 16.4. The fourth-order valence-electron chi connectivity index (χ4n) is 2.67. The molecule has 0 unspecified atom stereocenters. The van der Waals surface area contributed by atoms with Gasteiger partial charge in [-0.3, -0.25) is 9.48 Å². The first kappa shape index (κ1) is 16.4. The number of likely N-dealkylation sites (N-methyl/N-ethyl adjacent to an activating group) is 1. The lowest BCUT2D eigenvalue weighted by Gasteiger charge is -2.13. The van der Waals surface area contributed by atoms with Gasteiger partial charge in [-0.25, -0.2) is 4.79 Å². The molecule has 22 heavy (non-hydrogen) atoms. The number of carbonyl (C=O) groups excluding carboxylic acids is 2. The lowest BCUT2D eigenvalue weighted by Crippen LogP contribution is -2.23. The van der Waals surface area contributed by atoms with Crippen LogP contribution in [-0.4, -0.2) is 59.4 Å². The van der Waals surface area contributed by atoms with Crippen LogP contribution in [0.15, 0.2) is 17.3 Å². The second-order valence-corrected chi connectivity index (χ2v) is 6.01. The van der Waals surface area contributed by atoms with Gasteiger partial charge in [0.15, 0.2) is 5.78 Å². The molecule has 0 saturated heterocycles. The van der Waals surface area contributed by atoms with Gasteiger partial charge >= 0.3 is 5.97 Å². The minimum absolute atomic E-state index is 0.0491. The second kappa shape index (κ2) is 6.39. The van der Waals surface area contributed by atoms with Crippen molar-refractivity contribution in [2.24, 2.45) is 13.0 Å². The van der Waals surface area contributed by atoms with Crippen LogP contribution >= 0.6 is 0 Å². The molecular weight excluding hydrogens is 284 g/mol. The minimum atomic E-state index is -0.561. The van der Waals surface area contributed by atoms with Gasteiger partial charge in [-0.05, 0) is 33.0 Å². The van der Waals surface area contributed by atoms with E-state index in [2.05, 4.69) is 10.3 Å². The molecule has 7 heteroatoms. The summed E-state index contributed by atoms with van der Waals surface area (Å²) in [6.07, 6.45) is 2.51. The molecule has 2 atom stereocenters. The lowest BCUT2D eigenvalue weighted by molar-refractivity contribution is -0.138. The number of esters is 1. The van der Waals surface area contributed by atoms with Crippen LogP contribution < -0.4 is 0 Å². The summed E-state index contributed by atoms with van der Waals surface area (Å²) >= 11 is 0. The van der Waals surface area contributed by atoms with Gasteiger partial charge in [0.25, 0.3) is 0 Å². The highest BCUT2D eigenvalue weighted by Crippen LogP contribution is 2.48. The molecule has 1 heterocycles. The van der Waals surface area contributed by atoms with Gasteiger partial charge in [0, 0.05) is 31.6 Å². The third kappa shape index (κ3) is 3.41. The Morgan fingerprint density at radius 3 is 2.64 bits per heavy atom. The fraction of sp³-hybridized carbons (Fsp3) is 0.600. The summed E-state index contributed by atoms with van der Waals surface area (Å²) in [4.78, 5) is 26.6. The van der Waals surface area contributed by atoms with Crippen LogP contribution in [0.5, 0.6) is 0 Å². The number of ketones is 1. The number of aryl methyl sites for hydroxylation is 1. The van der Waals surface area contributed by atoms with Gasteiger partial charge in [-0.1, -0.05) is 5.21 Å². The first-order valence-corrected chi connectivity index (χ1v) is 7.18. The maximum absolute atomic E-state index is 12.7. The number of nitrogens with zero attached hydrogens (tertiary/aromatic N) is 4. The molecular formula is C15H22N4O3. The summed E-state index contributed by atoms with van der Waals surface area (Å²) in [7, 11) is 6.87. The third-order valence-electron chi connectivity index (χ3n) is 3.74. The van der Waals surface area contributed by atoms with E-state index < -0.39 is 5.97 Å².